The summed E-state index contributed by atoms with van der Waals surface area (Å²) in [5.41, 5.74) is 25.2. The largest absolute Gasteiger partial charge is 0.115 e. The number of rotatable bonds is 12. The first-order valence-corrected chi connectivity index (χ1v) is 35.5. The highest BCUT2D eigenvalue weighted by atomic mass is 28.3. The summed E-state index contributed by atoms with van der Waals surface area (Å²) < 4.78 is 0. The molecule has 0 aromatic heterocycles. The van der Waals surface area contributed by atoms with Crippen molar-refractivity contribution in [2.45, 2.75) is 26.2 Å². The van der Waals surface area contributed by atoms with E-state index in [1.54, 1.807) is 0 Å². The molecule has 0 fully saturated rings. The van der Waals surface area contributed by atoms with Gasteiger partial charge in [0.1, 0.15) is 16.1 Å². The van der Waals surface area contributed by atoms with Crippen LogP contribution in [0.2, 0.25) is 26.2 Å². The Labute approximate surface area is 497 Å². The van der Waals surface area contributed by atoms with Gasteiger partial charge < -0.3 is 0 Å². The number of fused-ring (bicyclic) bond motifs is 1. The van der Waals surface area contributed by atoms with Gasteiger partial charge in [-0.1, -0.05) is 342 Å². The highest BCUT2D eigenvalue weighted by molar-refractivity contribution is 7.14. The van der Waals surface area contributed by atoms with Crippen LogP contribution in [0.3, 0.4) is 0 Å². The third-order valence-electron chi connectivity index (χ3n) is 17.6. The fourth-order valence-corrected chi connectivity index (χ4v) is 21.9. The minimum atomic E-state index is -2.43. The van der Waals surface area contributed by atoms with E-state index in [9.17, 15) is 0 Å². The van der Waals surface area contributed by atoms with Crippen molar-refractivity contribution in [1.82, 2.24) is 0 Å². The highest BCUT2D eigenvalue weighted by Crippen LogP contribution is 2.59. The first-order valence-electron chi connectivity index (χ1n) is 29.5. The molecule has 0 N–H and O–H groups in total. The lowest BCUT2D eigenvalue weighted by atomic mass is 9.78. The van der Waals surface area contributed by atoms with Crippen LogP contribution in [-0.4, -0.2) is 16.1 Å². The molecule has 0 atom stereocenters. The van der Waals surface area contributed by atoms with E-state index in [4.69, 9.17) is 0 Å². The van der Waals surface area contributed by atoms with Crippen molar-refractivity contribution in [3.8, 4) is 44.5 Å². The van der Waals surface area contributed by atoms with Crippen LogP contribution in [0.15, 0.2) is 315 Å². The Morgan fingerprint density at radius 2 is 0.321 bits per heavy atom. The number of hydrogen-bond acceptors (Lipinski definition) is 0. The predicted molar refractivity (Wildman–Crippen MR) is 367 cm³/mol. The van der Waals surface area contributed by atoms with Gasteiger partial charge in [-0.15, -0.1) is 0 Å². The topological polar surface area (TPSA) is 0 Å². The maximum atomic E-state index is 2.57. The van der Waals surface area contributed by atoms with Crippen LogP contribution in [0.1, 0.15) is 44.5 Å². The zero-order chi connectivity index (χ0) is 56.8. The first kappa shape index (κ1) is 52.4. The molecule has 0 bridgehead atoms. The molecule has 0 saturated carbocycles. The molecular weight excluding hydrogens is 1040 g/mol. The molecule has 0 radical (unpaired) electrons. The standard InChI is InChI=1S/C82H64Si2/c1-83(2)79(65-43-25-11-26-44-65)75(59-35-17-7-18-36-59)77(61-39-21-9-22-40-61)81(83)67-53-49-63(50-54-67)73-71(57-31-13-5-14-32-57)69-47-29-30-48-70(69)72(58-33-15-6-16-34-58)74(73)64-51-55-68(56-52-64)82-78(62-41-23-10-24-42-62)76(60-37-19-8-20-38-60)80(84(82,3)4)66-45-27-12-28-46-66/h5-56H,1-4H3. The van der Waals surface area contributed by atoms with Crippen molar-refractivity contribution in [3.63, 3.8) is 0 Å². The van der Waals surface area contributed by atoms with Crippen molar-refractivity contribution in [1.29, 1.82) is 0 Å². The molecule has 2 heterocycles. The molecule has 400 valence electrons. The van der Waals surface area contributed by atoms with Crippen LogP contribution < -0.4 is 0 Å². The maximum Gasteiger partial charge on any atom is 0.115 e. The van der Waals surface area contributed by atoms with Crippen LogP contribution in [0, 0.1) is 0 Å². The third kappa shape index (κ3) is 9.07. The average Bonchev–Trinajstić information content (AvgIpc) is 1.91. The van der Waals surface area contributed by atoms with Gasteiger partial charge in [-0.25, -0.2) is 0 Å². The maximum absolute atomic E-state index is 2.57. The lowest BCUT2D eigenvalue weighted by Gasteiger charge is -2.28. The number of benzene rings is 12. The van der Waals surface area contributed by atoms with E-state index >= 15 is 0 Å². The lowest BCUT2D eigenvalue weighted by Crippen LogP contribution is -2.28. The molecule has 0 spiro atoms. The fraction of sp³-hybridized carbons (Fsp3) is 0.0488. The van der Waals surface area contributed by atoms with E-state index in [2.05, 4.69) is 342 Å². The summed E-state index contributed by atoms with van der Waals surface area (Å²) in [4.78, 5) is 0. The van der Waals surface area contributed by atoms with Gasteiger partial charge in [0.2, 0.25) is 0 Å². The second kappa shape index (κ2) is 21.9. The monoisotopic (exact) mass is 1100 g/mol. The molecule has 0 saturated heterocycles. The molecule has 14 rings (SSSR count). The molecule has 0 unspecified atom stereocenters. The molecule has 2 heteroatoms. The Hall–Kier alpha value is -9.71. The normalized spacial score (nSPS) is 14.7. The second-order valence-corrected chi connectivity index (χ2v) is 31.9. The first-order chi connectivity index (χ1) is 41.3. The van der Waals surface area contributed by atoms with Crippen LogP contribution in [0.4, 0.5) is 0 Å². The Morgan fingerprint density at radius 3 is 0.560 bits per heavy atom. The fourth-order valence-electron chi connectivity index (χ4n) is 14.2. The summed E-state index contributed by atoms with van der Waals surface area (Å²) in [7, 11) is -4.86. The molecule has 12 aromatic carbocycles. The van der Waals surface area contributed by atoms with E-state index in [0.717, 1.165) is 0 Å². The smallest absolute Gasteiger partial charge is 0.0622 e. The van der Waals surface area contributed by atoms with Gasteiger partial charge in [-0.05, 0) is 143 Å². The summed E-state index contributed by atoms with van der Waals surface area (Å²) in [5, 5.41) is 8.34. The van der Waals surface area contributed by atoms with Gasteiger partial charge in [-0.2, -0.15) is 0 Å². The van der Waals surface area contributed by atoms with Gasteiger partial charge in [0.05, 0.1) is 0 Å². The van der Waals surface area contributed by atoms with Crippen molar-refractivity contribution >= 4 is 70.0 Å². The third-order valence-corrected chi connectivity index (χ3v) is 24.8. The molecule has 2 aliphatic heterocycles. The average molecular weight is 1110 g/mol. The van der Waals surface area contributed by atoms with Crippen LogP contribution >= 0.6 is 0 Å². The van der Waals surface area contributed by atoms with Gasteiger partial charge in [0.15, 0.2) is 0 Å². The Bertz CT molecular complexity index is 4230. The van der Waals surface area contributed by atoms with Crippen molar-refractivity contribution in [3.05, 3.63) is 360 Å². The van der Waals surface area contributed by atoms with Crippen molar-refractivity contribution < 1.29 is 0 Å². The highest BCUT2D eigenvalue weighted by Gasteiger charge is 2.45. The molecule has 84 heavy (non-hydrogen) atoms. The zero-order valence-corrected chi connectivity index (χ0v) is 50.0. The minimum absolute atomic E-state index is 1.18. The molecule has 0 amide bonds. The molecule has 12 aromatic rings. The number of allylic oxidation sites excluding steroid dienone is 4. The van der Waals surface area contributed by atoms with E-state index in [-0.39, 0.29) is 0 Å². The van der Waals surface area contributed by atoms with Gasteiger partial charge in [0, 0.05) is 0 Å². The van der Waals surface area contributed by atoms with Crippen molar-refractivity contribution in [2.75, 3.05) is 0 Å². The zero-order valence-electron chi connectivity index (χ0n) is 48.0. The minimum Gasteiger partial charge on any atom is -0.0622 e. The quantitative estimate of drug-likeness (QED) is 0.107. The Kier molecular flexibility index (Phi) is 13.6. The molecule has 0 nitrogen and oxygen atoms in total. The van der Waals surface area contributed by atoms with Crippen LogP contribution in [-0.2, 0) is 0 Å². The molecule has 0 aliphatic carbocycles. The predicted octanol–water partition coefficient (Wildman–Crippen LogP) is 22.2. The van der Waals surface area contributed by atoms with E-state index in [0.29, 0.717) is 0 Å². The summed E-state index contributed by atoms with van der Waals surface area (Å²) in [5.74, 6) is 0. The summed E-state index contributed by atoms with van der Waals surface area (Å²) >= 11 is 0. The molecular formula is C82H64Si2. The Morgan fingerprint density at radius 1 is 0.155 bits per heavy atom. The van der Waals surface area contributed by atoms with E-state index in [1.807, 2.05) is 0 Å². The SMILES string of the molecule is C[Si]1(C)C(c2ccccc2)=C(c2ccccc2)C(c2ccccc2)=C1c1ccc(-c2c(-c3ccc(C4=C(c5ccccc5)C(c5ccccc5)=C(c5ccccc5)[Si]4(C)C)cc3)c(-c3ccccc3)c3ccccc3c2-c2ccccc2)cc1. The van der Waals surface area contributed by atoms with E-state index in [1.165, 1.54) is 143 Å². The Balaban J connectivity index is 1.02. The molecule has 2 aliphatic rings. The van der Waals surface area contributed by atoms with Gasteiger partial charge in [0.25, 0.3) is 0 Å². The second-order valence-electron chi connectivity index (χ2n) is 23.4. The lowest BCUT2D eigenvalue weighted by molar-refractivity contribution is 1.54. The summed E-state index contributed by atoms with van der Waals surface area (Å²) in [6.45, 7) is 10.3. The van der Waals surface area contributed by atoms with E-state index < -0.39 is 16.1 Å². The number of hydrogen-bond donors (Lipinski definition) is 0. The van der Waals surface area contributed by atoms with Crippen LogP contribution in [0.5, 0.6) is 0 Å². The van der Waals surface area contributed by atoms with Crippen molar-refractivity contribution in [2.24, 2.45) is 0 Å². The summed E-state index contributed by atoms with van der Waals surface area (Å²) in [6.07, 6.45) is 0. The van der Waals surface area contributed by atoms with Gasteiger partial charge >= 0.3 is 0 Å². The van der Waals surface area contributed by atoms with Gasteiger partial charge in [-0.3, -0.25) is 0 Å². The summed E-state index contributed by atoms with van der Waals surface area (Å²) in [6, 6.07) is 118. The van der Waals surface area contributed by atoms with Crippen LogP contribution in [0.25, 0.3) is 98.4 Å².